The lowest BCUT2D eigenvalue weighted by Gasteiger charge is -2.30. The molecule has 1 aromatic carbocycles. The van der Waals surface area contributed by atoms with Crippen molar-refractivity contribution in [3.05, 3.63) is 47.2 Å². The van der Waals surface area contributed by atoms with E-state index >= 15 is 0 Å². The van der Waals surface area contributed by atoms with Crippen LogP contribution in [0, 0.1) is 0 Å². The highest BCUT2D eigenvalue weighted by Crippen LogP contribution is 2.20. The molecule has 0 radical (unpaired) electrons. The van der Waals surface area contributed by atoms with Gasteiger partial charge in [-0.1, -0.05) is 24.3 Å². The van der Waals surface area contributed by atoms with Gasteiger partial charge in [0.05, 0.1) is 32.1 Å². The highest BCUT2D eigenvalue weighted by molar-refractivity contribution is 6.24. The fourth-order valence-electron chi connectivity index (χ4n) is 4.20. The number of anilines is 3. The number of carbonyl (C=O) groups is 2. The highest BCUT2D eigenvalue weighted by atomic mass is 16.5. The molecule has 3 heterocycles. The molecule has 0 amide bonds. The third kappa shape index (κ3) is 5.41. The van der Waals surface area contributed by atoms with Gasteiger partial charge < -0.3 is 29.9 Å². The van der Waals surface area contributed by atoms with E-state index in [9.17, 15) is 9.59 Å². The Morgan fingerprint density at radius 1 is 0.771 bits per heavy atom. The van der Waals surface area contributed by atoms with Crippen LogP contribution in [0.2, 0.25) is 0 Å². The summed E-state index contributed by atoms with van der Waals surface area (Å²) in [4.78, 5) is 43.2. The molecule has 0 atom stereocenters. The summed E-state index contributed by atoms with van der Waals surface area (Å²) in [6, 6.07) is 6.89. The Morgan fingerprint density at radius 3 is 1.97 bits per heavy atom. The van der Waals surface area contributed by atoms with Crippen LogP contribution in [0.3, 0.4) is 0 Å². The lowest BCUT2D eigenvalue weighted by atomic mass is 9.93. The molecule has 0 saturated carbocycles. The standard InChI is InChI=1S/C24H29N7O4/c32-20-16-19(21(33)18-5-2-1-4-17(18)20)25-6-3-7-26-22-27-23(30-8-12-34-13-9-30)29-24(28-22)31-10-14-35-15-11-31/h1-2,4-5,16,25H,3,6-15H2,(H,26,27,28,29). The maximum absolute atomic E-state index is 12.7. The van der Waals surface area contributed by atoms with Gasteiger partial charge in [0, 0.05) is 56.5 Å². The Kier molecular flexibility index (Phi) is 7.15. The van der Waals surface area contributed by atoms with Crippen molar-refractivity contribution in [2.75, 3.05) is 80.8 Å². The van der Waals surface area contributed by atoms with Gasteiger partial charge >= 0.3 is 0 Å². The van der Waals surface area contributed by atoms with E-state index in [1.54, 1.807) is 24.3 Å². The number of Topliss-reactive ketones (excluding diaryl/α,β-unsaturated/α-hetero) is 1. The van der Waals surface area contributed by atoms with Gasteiger partial charge in [0.15, 0.2) is 5.78 Å². The third-order valence-corrected chi connectivity index (χ3v) is 6.11. The molecular formula is C24H29N7O4. The molecule has 35 heavy (non-hydrogen) atoms. The first-order valence-electron chi connectivity index (χ1n) is 12.0. The van der Waals surface area contributed by atoms with E-state index in [-0.39, 0.29) is 11.6 Å². The molecule has 2 saturated heterocycles. The quantitative estimate of drug-likeness (QED) is 0.525. The molecule has 1 aliphatic carbocycles. The van der Waals surface area contributed by atoms with E-state index in [1.165, 1.54) is 6.08 Å². The van der Waals surface area contributed by atoms with Crippen molar-refractivity contribution in [3.8, 4) is 0 Å². The summed E-state index contributed by atoms with van der Waals surface area (Å²) in [6.07, 6.45) is 2.08. The average Bonchev–Trinajstić information content (AvgIpc) is 2.92. The molecule has 0 unspecified atom stereocenters. The van der Waals surface area contributed by atoms with Gasteiger partial charge in [0.2, 0.25) is 23.6 Å². The Hall–Kier alpha value is -3.57. The Balaban J connectivity index is 1.19. The summed E-state index contributed by atoms with van der Waals surface area (Å²) in [5, 5.41) is 6.40. The molecule has 0 spiro atoms. The molecule has 11 nitrogen and oxygen atoms in total. The van der Waals surface area contributed by atoms with Crippen LogP contribution in [0.5, 0.6) is 0 Å². The van der Waals surface area contributed by atoms with Crippen LogP contribution in [0.1, 0.15) is 27.1 Å². The minimum atomic E-state index is -0.157. The first-order valence-corrected chi connectivity index (χ1v) is 12.0. The second-order valence-corrected chi connectivity index (χ2v) is 8.46. The lowest BCUT2D eigenvalue weighted by molar-refractivity contribution is 0.0978. The van der Waals surface area contributed by atoms with Gasteiger partial charge in [0.25, 0.3) is 0 Å². The monoisotopic (exact) mass is 479 g/mol. The summed E-state index contributed by atoms with van der Waals surface area (Å²) < 4.78 is 10.9. The number of carbonyl (C=O) groups excluding carboxylic acids is 2. The molecule has 184 valence electrons. The molecule has 1 aromatic heterocycles. The molecule has 3 aliphatic rings. The number of morpholine rings is 2. The van der Waals surface area contributed by atoms with Crippen molar-refractivity contribution in [1.29, 1.82) is 0 Å². The molecule has 5 rings (SSSR count). The number of aromatic nitrogens is 3. The number of nitrogens with one attached hydrogen (secondary N) is 2. The number of rotatable bonds is 8. The van der Waals surface area contributed by atoms with Gasteiger partial charge in [-0.05, 0) is 6.42 Å². The normalized spacial score (nSPS) is 18.2. The van der Waals surface area contributed by atoms with Crippen molar-refractivity contribution in [2.24, 2.45) is 0 Å². The van der Waals surface area contributed by atoms with Crippen LogP contribution in [0.25, 0.3) is 0 Å². The van der Waals surface area contributed by atoms with Crippen LogP contribution >= 0.6 is 0 Å². The first kappa shape index (κ1) is 23.2. The topological polar surface area (TPSA) is 122 Å². The highest BCUT2D eigenvalue weighted by Gasteiger charge is 2.25. The number of ether oxygens (including phenoxy) is 2. The molecule has 2 aromatic rings. The smallest absolute Gasteiger partial charge is 0.232 e. The summed E-state index contributed by atoms with van der Waals surface area (Å²) in [7, 11) is 0. The number of fused-ring (bicyclic) bond motifs is 1. The van der Waals surface area contributed by atoms with Crippen molar-refractivity contribution in [1.82, 2.24) is 20.3 Å². The molecule has 0 bridgehead atoms. The minimum Gasteiger partial charge on any atom is -0.382 e. The minimum absolute atomic E-state index is 0.155. The number of hydrogen-bond acceptors (Lipinski definition) is 11. The van der Waals surface area contributed by atoms with Crippen molar-refractivity contribution >= 4 is 29.4 Å². The Morgan fingerprint density at radius 2 is 1.34 bits per heavy atom. The second-order valence-electron chi connectivity index (χ2n) is 8.46. The summed E-state index contributed by atoms with van der Waals surface area (Å²) in [6.45, 7) is 6.65. The largest absolute Gasteiger partial charge is 0.382 e. The second kappa shape index (κ2) is 10.8. The van der Waals surface area contributed by atoms with Crippen molar-refractivity contribution < 1.29 is 19.1 Å². The van der Waals surface area contributed by atoms with Gasteiger partial charge in [0.1, 0.15) is 0 Å². The maximum Gasteiger partial charge on any atom is 0.232 e. The van der Waals surface area contributed by atoms with E-state index in [0.29, 0.717) is 80.6 Å². The fourth-order valence-corrected chi connectivity index (χ4v) is 4.20. The summed E-state index contributed by atoms with van der Waals surface area (Å²) in [5.41, 5.74) is 1.22. The van der Waals surface area contributed by atoms with Crippen LogP contribution < -0.4 is 20.4 Å². The van der Waals surface area contributed by atoms with E-state index in [4.69, 9.17) is 14.5 Å². The van der Waals surface area contributed by atoms with Crippen LogP contribution in [0.15, 0.2) is 36.0 Å². The zero-order chi connectivity index (χ0) is 24.0. The van der Waals surface area contributed by atoms with Crippen LogP contribution in [-0.2, 0) is 9.47 Å². The molecule has 11 heteroatoms. The zero-order valence-corrected chi connectivity index (χ0v) is 19.5. The Labute approximate surface area is 203 Å². The van der Waals surface area contributed by atoms with E-state index in [1.807, 2.05) is 0 Å². The van der Waals surface area contributed by atoms with Gasteiger partial charge in [-0.25, -0.2) is 0 Å². The number of ketones is 2. The van der Waals surface area contributed by atoms with Crippen molar-refractivity contribution in [3.63, 3.8) is 0 Å². The van der Waals surface area contributed by atoms with E-state index in [0.717, 1.165) is 26.2 Å². The molecular weight excluding hydrogens is 450 g/mol. The third-order valence-electron chi connectivity index (χ3n) is 6.11. The van der Waals surface area contributed by atoms with Gasteiger partial charge in [-0.15, -0.1) is 0 Å². The Bertz CT molecular complexity index is 1070. The predicted octanol–water partition coefficient (Wildman–Crippen LogP) is 0.900. The molecule has 2 fully saturated rings. The van der Waals surface area contributed by atoms with Crippen LogP contribution in [0.4, 0.5) is 17.8 Å². The number of nitrogens with zero attached hydrogens (tertiary/aromatic N) is 5. The van der Waals surface area contributed by atoms with E-state index in [2.05, 4.69) is 30.4 Å². The number of allylic oxidation sites excluding steroid dienone is 2. The summed E-state index contributed by atoms with van der Waals surface area (Å²) in [5.74, 6) is 1.48. The SMILES string of the molecule is O=C1C=C(NCCCNc2nc(N3CCOCC3)nc(N3CCOCC3)n2)C(=O)c2ccccc21. The lowest BCUT2D eigenvalue weighted by Crippen LogP contribution is -2.40. The van der Waals surface area contributed by atoms with Gasteiger partial charge in [-0.2, -0.15) is 15.0 Å². The average molecular weight is 480 g/mol. The predicted molar refractivity (Wildman–Crippen MR) is 130 cm³/mol. The first-order chi connectivity index (χ1) is 17.2. The number of hydrogen-bond donors (Lipinski definition) is 2. The zero-order valence-electron chi connectivity index (χ0n) is 19.5. The fraction of sp³-hybridized carbons (Fsp3) is 0.458. The van der Waals surface area contributed by atoms with Crippen LogP contribution in [-0.4, -0.2) is 92.2 Å². The molecule has 2 N–H and O–H groups in total. The van der Waals surface area contributed by atoms with Crippen molar-refractivity contribution in [2.45, 2.75) is 6.42 Å². The summed E-state index contributed by atoms with van der Waals surface area (Å²) >= 11 is 0. The van der Waals surface area contributed by atoms with E-state index < -0.39 is 0 Å². The number of benzene rings is 1. The molecule has 2 aliphatic heterocycles. The maximum atomic E-state index is 12.7. The van der Waals surface area contributed by atoms with Gasteiger partial charge in [-0.3, -0.25) is 9.59 Å².